The van der Waals surface area contributed by atoms with Gasteiger partial charge in [0, 0.05) is 29.1 Å². The van der Waals surface area contributed by atoms with Crippen molar-refractivity contribution in [3.05, 3.63) is 64.7 Å². The monoisotopic (exact) mass is 378 g/mol. The molecule has 0 spiro atoms. The number of aryl methyl sites for hydroxylation is 1. The number of amides is 1. The Kier molecular flexibility index (Phi) is 5.13. The maximum Gasteiger partial charge on any atom is 0.254 e. The van der Waals surface area contributed by atoms with Crippen molar-refractivity contribution in [2.24, 2.45) is 0 Å². The van der Waals surface area contributed by atoms with Crippen LogP contribution in [0.15, 0.2) is 48.5 Å². The molecule has 0 saturated carbocycles. The van der Waals surface area contributed by atoms with Crippen LogP contribution in [0.5, 0.6) is 0 Å². The molecule has 0 aliphatic carbocycles. The van der Waals surface area contributed by atoms with Crippen LogP contribution in [0.2, 0.25) is 5.02 Å². The number of likely N-dealkylation sites (tertiary alicyclic amines) is 1. The molecule has 1 amide bonds. The second-order valence-corrected chi connectivity index (χ2v) is 7.73. The summed E-state index contributed by atoms with van der Waals surface area (Å²) in [5, 5.41) is 1.62. The van der Waals surface area contributed by atoms with E-state index in [2.05, 4.69) is 6.07 Å². The lowest BCUT2D eigenvalue weighted by atomic mass is 10.0. The SMILES string of the molecule is Cc1ccc2nc(-c3ccc(Cl)cc3)cc(C(=O)N3CCCCCC3)c2c1. The maximum atomic E-state index is 13.4. The molecular formula is C23H23ClN2O. The van der Waals surface area contributed by atoms with Gasteiger partial charge >= 0.3 is 0 Å². The van der Waals surface area contributed by atoms with Crippen LogP contribution in [0.1, 0.15) is 41.6 Å². The molecule has 1 aromatic heterocycles. The third-order valence-corrected chi connectivity index (χ3v) is 5.48. The number of aromatic nitrogens is 1. The van der Waals surface area contributed by atoms with E-state index in [1.807, 2.05) is 54.3 Å². The standard InChI is InChI=1S/C23H23ClN2O/c1-16-6-11-21-19(14-16)20(23(27)26-12-4-2-3-5-13-26)15-22(25-21)17-7-9-18(24)10-8-17/h6-11,14-15H,2-5,12-13H2,1H3. The first-order valence-corrected chi connectivity index (χ1v) is 9.96. The zero-order valence-corrected chi connectivity index (χ0v) is 16.3. The van der Waals surface area contributed by atoms with E-state index in [0.29, 0.717) is 5.02 Å². The molecule has 0 unspecified atom stereocenters. The first-order valence-electron chi connectivity index (χ1n) is 9.58. The van der Waals surface area contributed by atoms with Crippen LogP contribution < -0.4 is 0 Å². The van der Waals surface area contributed by atoms with Crippen molar-refractivity contribution in [3.8, 4) is 11.3 Å². The third-order valence-electron chi connectivity index (χ3n) is 5.23. The molecule has 1 fully saturated rings. The van der Waals surface area contributed by atoms with Crippen LogP contribution in [0, 0.1) is 6.92 Å². The van der Waals surface area contributed by atoms with Crippen LogP contribution in [-0.4, -0.2) is 28.9 Å². The van der Waals surface area contributed by atoms with Crippen LogP contribution in [0.25, 0.3) is 22.2 Å². The lowest BCUT2D eigenvalue weighted by molar-refractivity contribution is 0.0763. The number of pyridine rings is 1. The van der Waals surface area contributed by atoms with Gasteiger partial charge in [0.15, 0.2) is 0 Å². The minimum absolute atomic E-state index is 0.116. The van der Waals surface area contributed by atoms with Crippen LogP contribution in [0.4, 0.5) is 0 Å². The predicted octanol–water partition coefficient (Wildman–Crippen LogP) is 5.88. The number of rotatable bonds is 2. The van der Waals surface area contributed by atoms with Crippen LogP contribution in [-0.2, 0) is 0 Å². The average molecular weight is 379 g/mol. The highest BCUT2D eigenvalue weighted by molar-refractivity contribution is 6.30. The molecular weight excluding hydrogens is 356 g/mol. The third kappa shape index (κ3) is 3.84. The molecule has 1 aliphatic rings. The Morgan fingerprint density at radius 3 is 2.37 bits per heavy atom. The molecule has 0 N–H and O–H groups in total. The van der Waals surface area contributed by atoms with Gasteiger partial charge in [-0.2, -0.15) is 0 Å². The lowest BCUT2D eigenvalue weighted by Crippen LogP contribution is -2.32. The fourth-order valence-corrected chi connectivity index (χ4v) is 3.86. The fraction of sp³-hybridized carbons (Fsp3) is 0.304. The van der Waals surface area contributed by atoms with Gasteiger partial charge in [0.25, 0.3) is 5.91 Å². The summed E-state index contributed by atoms with van der Waals surface area (Å²) < 4.78 is 0. The minimum atomic E-state index is 0.116. The van der Waals surface area contributed by atoms with Gasteiger partial charge in [-0.15, -0.1) is 0 Å². The summed E-state index contributed by atoms with van der Waals surface area (Å²) in [5.41, 5.74) is 4.50. The molecule has 0 bridgehead atoms. The van der Waals surface area contributed by atoms with Crippen molar-refractivity contribution < 1.29 is 4.79 Å². The van der Waals surface area contributed by atoms with E-state index in [0.717, 1.165) is 59.2 Å². The summed E-state index contributed by atoms with van der Waals surface area (Å²) in [6, 6.07) is 15.7. The Bertz CT molecular complexity index is 974. The number of hydrogen-bond donors (Lipinski definition) is 0. The smallest absolute Gasteiger partial charge is 0.254 e. The number of halogens is 1. The maximum absolute atomic E-state index is 13.4. The molecule has 0 atom stereocenters. The zero-order valence-electron chi connectivity index (χ0n) is 15.5. The van der Waals surface area contributed by atoms with Gasteiger partial charge in [-0.05, 0) is 50.1 Å². The quantitative estimate of drug-likeness (QED) is 0.557. The topological polar surface area (TPSA) is 33.2 Å². The van der Waals surface area contributed by atoms with E-state index in [-0.39, 0.29) is 5.91 Å². The van der Waals surface area contributed by atoms with Crippen LogP contribution >= 0.6 is 11.6 Å². The van der Waals surface area contributed by atoms with Gasteiger partial charge in [0.05, 0.1) is 16.8 Å². The van der Waals surface area contributed by atoms with Crippen molar-refractivity contribution in [2.45, 2.75) is 32.6 Å². The number of benzene rings is 2. The lowest BCUT2D eigenvalue weighted by Gasteiger charge is -2.21. The van der Waals surface area contributed by atoms with E-state index in [9.17, 15) is 4.79 Å². The fourth-order valence-electron chi connectivity index (χ4n) is 3.73. The predicted molar refractivity (Wildman–Crippen MR) is 111 cm³/mol. The van der Waals surface area contributed by atoms with Crippen molar-refractivity contribution in [1.82, 2.24) is 9.88 Å². The van der Waals surface area contributed by atoms with Crippen molar-refractivity contribution in [3.63, 3.8) is 0 Å². The molecule has 4 heteroatoms. The Balaban J connectivity index is 1.84. The number of nitrogens with zero attached hydrogens (tertiary/aromatic N) is 2. The molecule has 138 valence electrons. The highest BCUT2D eigenvalue weighted by Crippen LogP contribution is 2.28. The normalized spacial score (nSPS) is 15.0. The molecule has 1 saturated heterocycles. The minimum Gasteiger partial charge on any atom is -0.339 e. The summed E-state index contributed by atoms with van der Waals surface area (Å²) >= 11 is 6.03. The largest absolute Gasteiger partial charge is 0.339 e. The molecule has 2 aromatic carbocycles. The van der Waals surface area contributed by atoms with E-state index < -0.39 is 0 Å². The van der Waals surface area contributed by atoms with Gasteiger partial charge < -0.3 is 4.90 Å². The van der Waals surface area contributed by atoms with E-state index in [1.165, 1.54) is 12.8 Å². The van der Waals surface area contributed by atoms with Gasteiger partial charge in [0.1, 0.15) is 0 Å². The second-order valence-electron chi connectivity index (χ2n) is 7.29. The van der Waals surface area contributed by atoms with E-state index in [1.54, 1.807) is 0 Å². The summed E-state index contributed by atoms with van der Waals surface area (Å²) in [5.74, 6) is 0.116. The average Bonchev–Trinajstić information content (AvgIpc) is 2.97. The molecule has 0 radical (unpaired) electrons. The van der Waals surface area contributed by atoms with Gasteiger partial charge in [-0.3, -0.25) is 4.79 Å². The summed E-state index contributed by atoms with van der Waals surface area (Å²) in [6.07, 6.45) is 4.57. The molecule has 3 aromatic rings. The first-order chi connectivity index (χ1) is 13.1. The summed E-state index contributed by atoms with van der Waals surface area (Å²) in [7, 11) is 0. The van der Waals surface area contributed by atoms with Crippen molar-refractivity contribution in [1.29, 1.82) is 0 Å². The highest BCUT2D eigenvalue weighted by Gasteiger charge is 2.21. The van der Waals surface area contributed by atoms with Crippen molar-refractivity contribution in [2.75, 3.05) is 13.1 Å². The molecule has 27 heavy (non-hydrogen) atoms. The summed E-state index contributed by atoms with van der Waals surface area (Å²) in [4.78, 5) is 20.2. The highest BCUT2D eigenvalue weighted by atomic mass is 35.5. The molecule has 4 rings (SSSR count). The number of carbonyl (C=O) groups excluding carboxylic acids is 1. The van der Waals surface area contributed by atoms with Gasteiger partial charge in [-0.25, -0.2) is 4.98 Å². The van der Waals surface area contributed by atoms with Gasteiger partial charge in [0.2, 0.25) is 0 Å². The van der Waals surface area contributed by atoms with E-state index in [4.69, 9.17) is 16.6 Å². The Morgan fingerprint density at radius 2 is 1.67 bits per heavy atom. The molecule has 3 nitrogen and oxygen atoms in total. The van der Waals surface area contributed by atoms with E-state index >= 15 is 0 Å². The number of fused-ring (bicyclic) bond motifs is 1. The molecule has 1 aliphatic heterocycles. The van der Waals surface area contributed by atoms with Crippen molar-refractivity contribution >= 4 is 28.4 Å². The second kappa shape index (κ2) is 7.69. The van der Waals surface area contributed by atoms with Crippen LogP contribution in [0.3, 0.4) is 0 Å². The molecule has 2 heterocycles. The number of hydrogen-bond acceptors (Lipinski definition) is 2. The Morgan fingerprint density at radius 1 is 0.963 bits per heavy atom. The van der Waals surface area contributed by atoms with Gasteiger partial charge in [-0.1, -0.05) is 48.2 Å². The summed E-state index contributed by atoms with van der Waals surface area (Å²) in [6.45, 7) is 3.72. The Hall–Kier alpha value is -2.39. The zero-order chi connectivity index (χ0) is 18.8. The Labute approximate surface area is 165 Å². The first kappa shape index (κ1) is 18.0. The number of carbonyl (C=O) groups is 1.